The molecule has 1 N–H and O–H groups in total. The highest BCUT2D eigenvalue weighted by molar-refractivity contribution is 6.31. The molecule has 92 heavy (non-hydrogen) atoms. The molecule has 4 atom stereocenters. The number of halogens is 1. The van der Waals surface area contributed by atoms with Crippen LogP contribution in [0.3, 0.4) is 0 Å². The Hall–Kier alpha value is -6.77. The largest absolute Gasteiger partial charge is 0.371 e. The van der Waals surface area contributed by atoms with E-state index in [1.165, 1.54) is 87.9 Å². The van der Waals surface area contributed by atoms with Gasteiger partial charge < -0.3 is 24.6 Å². The van der Waals surface area contributed by atoms with Crippen molar-refractivity contribution in [2.75, 3.05) is 111 Å². The second-order valence-corrected chi connectivity index (χ2v) is 29.5. The smallest absolute Gasteiger partial charge is 0.138 e. The SMILES string of the molecule is Cc1c(C2=C(N3CCN(C)C4(CC4)C3)Cc3[nH]c(CN4CCCC4c4nccc(C5C=C(N6CCN(C)CC6)n6cc(CN7CCCC7c7ncccc7Cl)nc6C5)c4C)nc3C=C2)ccnc1C1CCCN1Cc1cn2c(N3CCN(C)C4(CC4)C3)cccc2n1. The molecule has 6 saturated heterocycles. The molecular weight excluding hydrogens is 1160 g/mol. The molecule has 0 bridgehead atoms. The van der Waals surface area contributed by atoms with E-state index in [0.717, 1.165) is 201 Å². The van der Waals surface area contributed by atoms with Crippen molar-refractivity contribution < 1.29 is 0 Å². The topological polar surface area (TPSA) is 132 Å². The highest BCUT2D eigenvalue weighted by Crippen LogP contribution is 2.48. The van der Waals surface area contributed by atoms with Gasteiger partial charge in [0.1, 0.15) is 28.9 Å². The Labute approximate surface area is 547 Å². The number of nitrogens with zero attached hydrogens (tertiary/aromatic N) is 17. The fourth-order valence-corrected chi connectivity index (χ4v) is 18.0. The summed E-state index contributed by atoms with van der Waals surface area (Å²) in [5.74, 6) is 4.88. The summed E-state index contributed by atoms with van der Waals surface area (Å²) < 4.78 is 4.77. The minimum absolute atomic E-state index is 0.177. The molecule has 7 aromatic rings. The van der Waals surface area contributed by atoms with Crippen molar-refractivity contribution in [3.8, 4) is 0 Å². The molecule has 19 heteroatoms. The van der Waals surface area contributed by atoms with Crippen LogP contribution in [-0.2, 0) is 32.5 Å². The molecule has 0 aromatic carbocycles. The van der Waals surface area contributed by atoms with Crippen LogP contribution in [0.4, 0.5) is 5.82 Å². The first-order valence-electron chi connectivity index (χ1n) is 34.8. The van der Waals surface area contributed by atoms with E-state index in [-0.39, 0.29) is 29.6 Å². The van der Waals surface area contributed by atoms with Gasteiger partial charge in [0.15, 0.2) is 0 Å². The second kappa shape index (κ2) is 23.6. The van der Waals surface area contributed by atoms with Gasteiger partial charge >= 0.3 is 0 Å². The van der Waals surface area contributed by atoms with E-state index >= 15 is 0 Å². The molecule has 17 rings (SSSR count). The van der Waals surface area contributed by atoms with Gasteiger partial charge in [0.05, 0.1) is 63.9 Å². The highest BCUT2D eigenvalue weighted by Gasteiger charge is 2.51. The summed E-state index contributed by atoms with van der Waals surface area (Å²) >= 11 is 6.75. The van der Waals surface area contributed by atoms with Crippen molar-refractivity contribution in [1.82, 2.24) is 83.1 Å². The minimum Gasteiger partial charge on any atom is -0.371 e. The summed E-state index contributed by atoms with van der Waals surface area (Å²) in [6.07, 6.45) is 31.3. The number of nitrogens with one attached hydrogen (secondary N) is 1. The number of allylic oxidation sites excluding steroid dienone is 4. The molecule has 18 nitrogen and oxygen atoms in total. The Morgan fingerprint density at radius 3 is 1.96 bits per heavy atom. The van der Waals surface area contributed by atoms with Gasteiger partial charge in [0.2, 0.25) is 0 Å². The second-order valence-electron chi connectivity index (χ2n) is 29.1. The van der Waals surface area contributed by atoms with Crippen LogP contribution in [-0.4, -0.2) is 200 Å². The van der Waals surface area contributed by atoms with E-state index in [0.29, 0.717) is 5.54 Å². The summed E-state index contributed by atoms with van der Waals surface area (Å²) in [6, 6.07) is 15.8. The summed E-state index contributed by atoms with van der Waals surface area (Å²) in [5, 5.41) is 0.751. The van der Waals surface area contributed by atoms with Gasteiger partial charge in [-0.25, -0.2) is 15.0 Å². The van der Waals surface area contributed by atoms with Crippen LogP contribution in [0, 0.1) is 13.8 Å². The van der Waals surface area contributed by atoms with E-state index in [9.17, 15) is 0 Å². The molecule has 2 spiro atoms. The predicted octanol–water partition coefficient (Wildman–Crippen LogP) is 10.2. The molecule has 14 heterocycles. The Balaban J connectivity index is 0.624. The molecule has 2 saturated carbocycles. The molecular formula is C73H91ClN18. The lowest BCUT2D eigenvalue weighted by Gasteiger charge is -2.43. The van der Waals surface area contributed by atoms with Gasteiger partial charge in [-0.15, -0.1) is 0 Å². The number of pyridine rings is 4. The van der Waals surface area contributed by atoms with Gasteiger partial charge in [-0.3, -0.25) is 48.4 Å². The number of hydrogen-bond donors (Lipinski definition) is 1. The van der Waals surface area contributed by atoms with Gasteiger partial charge in [-0.2, -0.15) is 0 Å². The van der Waals surface area contributed by atoms with E-state index in [1.807, 2.05) is 18.3 Å². The first kappa shape index (κ1) is 59.0. The van der Waals surface area contributed by atoms with Crippen LogP contribution in [0.25, 0.3) is 23.1 Å². The zero-order valence-corrected chi connectivity index (χ0v) is 55.5. The van der Waals surface area contributed by atoms with Gasteiger partial charge in [0.25, 0.3) is 0 Å². The Bertz CT molecular complexity index is 4040. The summed E-state index contributed by atoms with van der Waals surface area (Å²) in [5.41, 5.74) is 17.5. The average molecular weight is 1260 g/mol. The number of fused-ring (bicyclic) bond motifs is 3. The normalized spacial score (nSPS) is 25.5. The van der Waals surface area contributed by atoms with Crippen molar-refractivity contribution in [2.45, 2.75) is 146 Å². The van der Waals surface area contributed by atoms with Crippen molar-refractivity contribution >= 4 is 40.5 Å². The summed E-state index contributed by atoms with van der Waals surface area (Å²) in [4.78, 5) is 59.0. The molecule has 480 valence electrons. The molecule has 0 radical (unpaired) electrons. The number of aromatic amines is 1. The van der Waals surface area contributed by atoms with Gasteiger partial charge in [0, 0.05) is 156 Å². The molecule has 10 aliphatic rings. The minimum atomic E-state index is 0.177. The van der Waals surface area contributed by atoms with Crippen LogP contribution in [0.15, 0.2) is 91.3 Å². The quantitative estimate of drug-likeness (QED) is 0.111. The molecule has 4 unspecified atom stereocenters. The van der Waals surface area contributed by atoms with Crippen LogP contribution in [0.1, 0.15) is 162 Å². The zero-order valence-electron chi connectivity index (χ0n) is 54.7. The first-order valence-corrected chi connectivity index (χ1v) is 35.1. The maximum absolute atomic E-state index is 6.75. The number of anilines is 1. The molecule has 0 amide bonds. The lowest BCUT2D eigenvalue weighted by Crippen LogP contribution is -2.53. The lowest BCUT2D eigenvalue weighted by molar-refractivity contribution is 0.102. The maximum Gasteiger partial charge on any atom is 0.138 e. The monoisotopic (exact) mass is 1250 g/mol. The fourth-order valence-electron chi connectivity index (χ4n) is 17.8. The summed E-state index contributed by atoms with van der Waals surface area (Å²) in [6.45, 7) is 20.5. The van der Waals surface area contributed by atoms with E-state index in [2.05, 4.69) is 166 Å². The van der Waals surface area contributed by atoms with Gasteiger partial charge in [-0.05, 0) is 190 Å². The van der Waals surface area contributed by atoms with Crippen LogP contribution in [0.5, 0.6) is 0 Å². The number of aromatic nitrogens is 9. The highest BCUT2D eigenvalue weighted by atomic mass is 35.5. The lowest BCUT2D eigenvalue weighted by atomic mass is 9.88. The number of likely N-dealkylation sites (N-methyl/N-ethyl adjacent to an activating group) is 3. The van der Waals surface area contributed by atoms with Crippen LogP contribution in [0.2, 0.25) is 5.02 Å². The van der Waals surface area contributed by atoms with Crippen molar-refractivity contribution in [2.24, 2.45) is 0 Å². The molecule has 7 aliphatic heterocycles. The molecule has 8 fully saturated rings. The Morgan fingerprint density at radius 2 is 1.24 bits per heavy atom. The number of rotatable bonds is 14. The Morgan fingerprint density at radius 1 is 0.598 bits per heavy atom. The number of hydrogen-bond acceptors (Lipinski definition) is 15. The van der Waals surface area contributed by atoms with Crippen molar-refractivity contribution in [3.05, 3.63) is 170 Å². The van der Waals surface area contributed by atoms with Crippen LogP contribution < -0.4 is 4.90 Å². The number of likely N-dealkylation sites (tertiary alicyclic amines) is 3. The van der Waals surface area contributed by atoms with E-state index in [1.54, 1.807) is 0 Å². The third-order valence-electron chi connectivity index (χ3n) is 23.6. The molecule has 7 aromatic heterocycles. The number of H-pyrrole nitrogens is 1. The average Bonchev–Trinajstić information content (AvgIpc) is 1.58. The van der Waals surface area contributed by atoms with E-state index in [4.69, 9.17) is 41.5 Å². The van der Waals surface area contributed by atoms with Crippen molar-refractivity contribution in [3.63, 3.8) is 0 Å². The Kier molecular flexibility index (Phi) is 15.1. The number of piperazine rings is 3. The third-order valence-corrected chi connectivity index (χ3v) is 23.9. The van der Waals surface area contributed by atoms with Crippen molar-refractivity contribution in [1.29, 1.82) is 0 Å². The first-order chi connectivity index (χ1) is 44.9. The van der Waals surface area contributed by atoms with Crippen LogP contribution >= 0.6 is 11.6 Å². The fraction of sp³-hybridized carbons (Fsp3) is 0.534. The summed E-state index contributed by atoms with van der Waals surface area (Å²) in [7, 11) is 6.89. The third kappa shape index (κ3) is 10.7. The van der Waals surface area contributed by atoms with E-state index < -0.39 is 0 Å². The zero-order chi connectivity index (χ0) is 62.0. The van der Waals surface area contributed by atoms with Gasteiger partial charge in [-0.1, -0.05) is 23.7 Å². The number of imidazole rings is 3. The standard InChI is InChI=1S/C73H91ClN18/c1-49-54(51-39-66-79-53(45-92(66)68(40-51)85-35-31-82(3)32-36-85)43-87-29-10-14-62(87)71-57(74)11-7-25-75-71)19-26-76-69(49)61-13-9-30-88(61)46-64-80-58-18-17-56(63(41-59(58)81-64)89-37-33-83(4)72(47-89)21-22-72)55-20-27-77-70(50(55)2)60-12-8-28-86(60)42-52-44-91-65(78-52)15-6-16-67(91)90-38-34-84(5)73(48-90)23-24-73/h6-7,11,15-20,25-27,40,44-45,51,60-62H,8-10,12-14,21-24,28-39,41-43,46-48H2,1-5H3,(H,80,81). The molecule has 3 aliphatic carbocycles. The maximum atomic E-state index is 6.75. The predicted molar refractivity (Wildman–Crippen MR) is 363 cm³/mol.